The Hall–Kier alpha value is -3.71. The highest BCUT2D eigenvalue weighted by Gasteiger charge is 2.22. The summed E-state index contributed by atoms with van der Waals surface area (Å²) >= 11 is 5.87. The second kappa shape index (κ2) is 10.9. The number of nitrogens with one attached hydrogen (secondary N) is 3. The van der Waals surface area contributed by atoms with Crippen molar-refractivity contribution >= 4 is 35.0 Å². The van der Waals surface area contributed by atoms with Crippen molar-refractivity contribution in [3.05, 3.63) is 95.3 Å². The second-order valence-corrected chi connectivity index (χ2v) is 7.17. The summed E-state index contributed by atoms with van der Waals surface area (Å²) in [5.74, 6) is -1.27. The normalized spacial score (nSPS) is 11.3. The summed E-state index contributed by atoms with van der Waals surface area (Å²) in [5, 5.41) is 8.47. The Kier molecular flexibility index (Phi) is 7.73. The summed E-state index contributed by atoms with van der Waals surface area (Å²) in [6.07, 6.45) is 3.37. The van der Waals surface area contributed by atoms with Crippen LogP contribution >= 0.6 is 11.6 Å². The fourth-order valence-corrected chi connectivity index (χ4v) is 2.96. The van der Waals surface area contributed by atoms with Crippen molar-refractivity contribution in [2.75, 3.05) is 11.9 Å². The van der Waals surface area contributed by atoms with E-state index in [4.69, 9.17) is 11.6 Å². The van der Waals surface area contributed by atoms with Gasteiger partial charge in [-0.15, -0.1) is 0 Å². The summed E-state index contributed by atoms with van der Waals surface area (Å²) in [6, 6.07) is 18.2. The number of nitrogens with zero attached hydrogens (tertiary/aromatic N) is 1. The third-order valence-corrected chi connectivity index (χ3v) is 4.63. The van der Waals surface area contributed by atoms with Gasteiger partial charge in [-0.05, 0) is 42.0 Å². The molecule has 1 unspecified atom stereocenters. The van der Waals surface area contributed by atoms with Crippen LogP contribution in [0.15, 0.2) is 79.1 Å². The van der Waals surface area contributed by atoms with Gasteiger partial charge in [-0.2, -0.15) is 0 Å². The Morgan fingerprint density at radius 2 is 1.68 bits per heavy atom. The van der Waals surface area contributed by atoms with E-state index in [2.05, 4.69) is 20.9 Å². The van der Waals surface area contributed by atoms with Crippen molar-refractivity contribution in [1.29, 1.82) is 0 Å². The maximum atomic E-state index is 12.8. The first-order valence-electron chi connectivity index (χ1n) is 9.59. The minimum absolute atomic E-state index is 0.240. The quantitative estimate of drug-likeness (QED) is 0.505. The van der Waals surface area contributed by atoms with Crippen LogP contribution in [-0.4, -0.2) is 35.3 Å². The minimum Gasteiger partial charge on any atom is -0.345 e. The van der Waals surface area contributed by atoms with Crippen LogP contribution in [0.4, 0.5) is 5.69 Å². The molecule has 31 heavy (non-hydrogen) atoms. The lowest BCUT2D eigenvalue weighted by atomic mass is 10.0. The molecule has 0 spiro atoms. The lowest BCUT2D eigenvalue weighted by molar-refractivity contribution is -0.125. The molecule has 0 saturated carbocycles. The van der Waals surface area contributed by atoms with Crippen molar-refractivity contribution in [1.82, 2.24) is 15.6 Å². The first-order chi connectivity index (χ1) is 15.0. The number of rotatable bonds is 8. The maximum Gasteiger partial charge on any atom is 0.251 e. The van der Waals surface area contributed by atoms with Gasteiger partial charge in [-0.25, -0.2) is 0 Å². The van der Waals surface area contributed by atoms with E-state index in [0.717, 1.165) is 5.56 Å². The highest BCUT2D eigenvalue weighted by Crippen LogP contribution is 2.10. The predicted octanol–water partition coefficient (Wildman–Crippen LogP) is 2.83. The highest BCUT2D eigenvalue weighted by molar-refractivity contribution is 6.30. The fraction of sp³-hybridized carbons (Fsp3) is 0.130. The van der Waals surface area contributed by atoms with Gasteiger partial charge >= 0.3 is 0 Å². The van der Waals surface area contributed by atoms with Crippen LogP contribution in [0, 0.1) is 0 Å². The van der Waals surface area contributed by atoms with Gasteiger partial charge in [-0.3, -0.25) is 19.4 Å². The van der Waals surface area contributed by atoms with Crippen molar-refractivity contribution in [2.24, 2.45) is 0 Å². The average Bonchev–Trinajstić information content (AvgIpc) is 2.79. The molecule has 0 aliphatic heterocycles. The molecule has 0 aliphatic rings. The molecular formula is C23H21ClN4O3. The van der Waals surface area contributed by atoms with Crippen molar-refractivity contribution in [3.63, 3.8) is 0 Å². The van der Waals surface area contributed by atoms with E-state index in [0.29, 0.717) is 16.3 Å². The molecule has 0 saturated heterocycles. The average molecular weight is 437 g/mol. The van der Waals surface area contributed by atoms with Crippen molar-refractivity contribution in [3.8, 4) is 0 Å². The standard InChI is InChI=1S/C23H21ClN4O3/c24-18-10-8-17(9-11-18)22(30)28-20(13-16-5-2-1-3-6-16)23(31)26-15-21(29)27-19-7-4-12-25-14-19/h1-12,14,20H,13,15H2,(H,26,31)(H,27,29)(H,28,30). The first kappa shape index (κ1) is 22.0. The van der Waals surface area contributed by atoms with Crippen LogP contribution in [0.1, 0.15) is 15.9 Å². The molecule has 0 fully saturated rings. The van der Waals surface area contributed by atoms with Crippen LogP contribution in [0.25, 0.3) is 0 Å². The number of anilines is 1. The zero-order valence-electron chi connectivity index (χ0n) is 16.5. The van der Waals surface area contributed by atoms with E-state index in [1.54, 1.807) is 42.6 Å². The highest BCUT2D eigenvalue weighted by atomic mass is 35.5. The Bertz CT molecular complexity index is 1030. The van der Waals surface area contributed by atoms with Gasteiger partial charge in [0.2, 0.25) is 11.8 Å². The van der Waals surface area contributed by atoms with Gasteiger partial charge < -0.3 is 16.0 Å². The van der Waals surface area contributed by atoms with Crippen molar-refractivity contribution in [2.45, 2.75) is 12.5 Å². The molecule has 1 heterocycles. The topological polar surface area (TPSA) is 100 Å². The largest absolute Gasteiger partial charge is 0.345 e. The van der Waals surface area contributed by atoms with E-state index >= 15 is 0 Å². The number of aromatic nitrogens is 1. The lowest BCUT2D eigenvalue weighted by Crippen LogP contribution is -2.49. The Morgan fingerprint density at radius 3 is 2.35 bits per heavy atom. The molecule has 3 aromatic rings. The molecule has 0 aliphatic carbocycles. The number of halogens is 1. The van der Waals surface area contributed by atoms with E-state index < -0.39 is 23.8 Å². The third kappa shape index (κ3) is 6.94. The Labute approximate surface area is 184 Å². The van der Waals surface area contributed by atoms with Gasteiger partial charge in [0.15, 0.2) is 0 Å². The van der Waals surface area contributed by atoms with E-state index in [9.17, 15) is 14.4 Å². The first-order valence-corrected chi connectivity index (χ1v) is 9.97. The van der Waals surface area contributed by atoms with Crippen LogP contribution in [-0.2, 0) is 16.0 Å². The number of amides is 3. The van der Waals surface area contributed by atoms with Gasteiger partial charge in [-0.1, -0.05) is 41.9 Å². The third-order valence-electron chi connectivity index (χ3n) is 4.38. The second-order valence-electron chi connectivity index (χ2n) is 6.73. The van der Waals surface area contributed by atoms with Crippen LogP contribution < -0.4 is 16.0 Å². The number of carbonyl (C=O) groups is 3. The number of benzene rings is 2. The zero-order valence-corrected chi connectivity index (χ0v) is 17.3. The summed E-state index contributed by atoms with van der Waals surface area (Å²) in [4.78, 5) is 41.4. The van der Waals surface area contributed by atoms with E-state index in [1.165, 1.54) is 6.20 Å². The maximum absolute atomic E-state index is 12.8. The van der Waals surface area contributed by atoms with Gasteiger partial charge in [0.05, 0.1) is 18.4 Å². The number of carbonyl (C=O) groups excluding carboxylic acids is 3. The van der Waals surface area contributed by atoms with Crippen molar-refractivity contribution < 1.29 is 14.4 Å². The smallest absolute Gasteiger partial charge is 0.251 e. The van der Waals surface area contributed by atoms with Gasteiger partial charge in [0.1, 0.15) is 6.04 Å². The Balaban J connectivity index is 1.64. The summed E-state index contributed by atoms with van der Waals surface area (Å²) in [6.45, 7) is -0.240. The molecule has 1 aromatic heterocycles. The molecule has 7 nitrogen and oxygen atoms in total. The van der Waals surface area contributed by atoms with Gasteiger partial charge in [0, 0.05) is 23.2 Å². The molecule has 158 valence electrons. The van der Waals surface area contributed by atoms with E-state index in [1.807, 2.05) is 30.3 Å². The van der Waals surface area contributed by atoms with Crippen LogP contribution in [0.5, 0.6) is 0 Å². The lowest BCUT2D eigenvalue weighted by Gasteiger charge is -2.19. The summed E-state index contributed by atoms with van der Waals surface area (Å²) in [5.41, 5.74) is 1.78. The molecule has 2 aromatic carbocycles. The predicted molar refractivity (Wildman–Crippen MR) is 119 cm³/mol. The minimum atomic E-state index is -0.864. The van der Waals surface area contributed by atoms with E-state index in [-0.39, 0.29) is 13.0 Å². The molecule has 8 heteroatoms. The molecule has 0 radical (unpaired) electrons. The van der Waals surface area contributed by atoms with Crippen LogP contribution in [0.2, 0.25) is 5.02 Å². The summed E-state index contributed by atoms with van der Waals surface area (Å²) in [7, 11) is 0. The zero-order chi connectivity index (χ0) is 22.1. The Morgan fingerprint density at radius 1 is 0.935 bits per heavy atom. The SMILES string of the molecule is O=C(CNC(=O)C(Cc1ccccc1)NC(=O)c1ccc(Cl)cc1)Nc1cccnc1. The molecule has 3 amide bonds. The molecule has 1 atom stereocenters. The molecule has 3 N–H and O–H groups in total. The number of hydrogen-bond donors (Lipinski definition) is 3. The van der Waals surface area contributed by atoms with Gasteiger partial charge in [0.25, 0.3) is 5.91 Å². The molecular weight excluding hydrogens is 416 g/mol. The fourth-order valence-electron chi connectivity index (χ4n) is 2.83. The molecule has 0 bridgehead atoms. The monoisotopic (exact) mass is 436 g/mol. The number of hydrogen-bond acceptors (Lipinski definition) is 4. The summed E-state index contributed by atoms with van der Waals surface area (Å²) < 4.78 is 0. The van der Waals surface area contributed by atoms with Crippen LogP contribution in [0.3, 0.4) is 0 Å². The molecule has 3 rings (SSSR count). The number of pyridine rings is 1.